The average Bonchev–Trinajstić information content (AvgIpc) is 2.71. The van der Waals surface area contributed by atoms with Crippen molar-refractivity contribution < 1.29 is 4.74 Å². The lowest BCUT2D eigenvalue weighted by Crippen LogP contribution is -2.55. The zero-order valence-electron chi connectivity index (χ0n) is 10.1. The molecule has 2 unspecified atom stereocenters. The van der Waals surface area contributed by atoms with E-state index in [2.05, 4.69) is 24.1 Å². The molecule has 0 amide bonds. The topological polar surface area (TPSA) is 24.5 Å². The van der Waals surface area contributed by atoms with Crippen molar-refractivity contribution in [3.05, 3.63) is 0 Å². The monoisotopic (exact) mass is 212 g/mol. The third-order valence-corrected chi connectivity index (χ3v) is 4.02. The van der Waals surface area contributed by atoms with Gasteiger partial charge in [-0.15, -0.1) is 0 Å². The second kappa shape index (κ2) is 4.81. The number of hydrogen-bond donors (Lipinski definition) is 1. The number of nitrogens with one attached hydrogen (secondary N) is 1. The summed E-state index contributed by atoms with van der Waals surface area (Å²) in [6.07, 6.45) is 3.93. The van der Waals surface area contributed by atoms with Crippen LogP contribution in [0.2, 0.25) is 0 Å². The van der Waals surface area contributed by atoms with Crippen LogP contribution < -0.4 is 5.32 Å². The number of ether oxygens (including phenoxy) is 1. The molecule has 2 saturated heterocycles. The van der Waals surface area contributed by atoms with Gasteiger partial charge in [-0.25, -0.2) is 0 Å². The molecule has 3 heteroatoms. The van der Waals surface area contributed by atoms with Gasteiger partial charge in [-0.3, -0.25) is 4.90 Å². The SMILES string of the molecule is CCC1(CN2CCOCC2C)CCCN1. The Balaban J connectivity index is 1.93. The van der Waals surface area contributed by atoms with E-state index in [-0.39, 0.29) is 0 Å². The molecule has 0 radical (unpaired) electrons. The minimum absolute atomic E-state index is 0.394. The summed E-state index contributed by atoms with van der Waals surface area (Å²) in [5.41, 5.74) is 0.394. The van der Waals surface area contributed by atoms with Crippen molar-refractivity contribution in [3.8, 4) is 0 Å². The summed E-state index contributed by atoms with van der Waals surface area (Å²) < 4.78 is 5.48. The molecule has 3 nitrogen and oxygen atoms in total. The van der Waals surface area contributed by atoms with E-state index in [1.54, 1.807) is 0 Å². The fourth-order valence-corrected chi connectivity index (χ4v) is 2.80. The molecule has 2 fully saturated rings. The maximum atomic E-state index is 5.48. The lowest BCUT2D eigenvalue weighted by Gasteiger charge is -2.40. The molecule has 15 heavy (non-hydrogen) atoms. The second-order valence-electron chi connectivity index (χ2n) is 5.06. The van der Waals surface area contributed by atoms with Crippen molar-refractivity contribution in [3.63, 3.8) is 0 Å². The Bertz CT molecular complexity index is 202. The highest BCUT2D eigenvalue weighted by atomic mass is 16.5. The number of hydrogen-bond acceptors (Lipinski definition) is 3. The molecule has 0 spiro atoms. The van der Waals surface area contributed by atoms with E-state index in [1.165, 1.54) is 32.4 Å². The van der Waals surface area contributed by atoms with Crippen LogP contribution in [0, 0.1) is 0 Å². The Kier molecular flexibility index (Phi) is 3.65. The van der Waals surface area contributed by atoms with Crippen molar-refractivity contribution in [1.29, 1.82) is 0 Å². The highest BCUT2D eigenvalue weighted by Gasteiger charge is 2.35. The van der Waals surface area contributed by atoms with Crippen LogP contribution in [0.1, 0.15) is 33.1 Å². The van der Waals surface area contributed by atoms with E-state index < -0.39 is 0 Å². The predicted molar refractivity (Wildman–Crippen MR) is 62.1 cm³/mol. The molecule has 1 N–H and O–H groups in total. The second-order valence-corrected chi connectivity index (χ2v) is 5.06. The van der Waals surface area contributed by atoms with Gasteiger partial charge < -0.3 is 10.1 Å². The molecule has 2 heterocycles. The van der Waals surface area contributed by atoms with Crippen LogP contribution >= 0.6 is 0 Å². The van der Waals surface area contributed by atoms with E-state index in [4.69, 9.17) is 4.74 Å². The van der Waals surface area contributed by atoms with Gasteiger partial charge in [0.05, 0.1) is 13.2 Å². The molecular weight excluding hydrogens is 188 g/mol. The predicted octanol–water partition coefficient (Wildman–Crippen LogP) is 1.24. The molecular formula is C12H24N2O. The molecule has 0 aromatic carbocycles. The molecule has 88 valence electrons. The smallest absolute Gasteiger partial charge is 0.0619 e. The van der Waals surface area contributed by atoms with Crippen LogP contribution in [0.5, 0.6) is 0 Å². The lowest BCUT2D eigenvalue weighted by atomic mass is 9.93. The molecule has 0 bridgehead atoms. The first-order valence-corrected chi connectivity index (χ1v) is 6.32. The Morgan fingerprint density at radius 3 is 3.00 bits per heavy atom. The summed E-state index contributed by atoms with van der Waals surface area (Å²) in [6, 6.07) is 0.588. The fourth-order valence-electron chi connectivity index (χ4n) is 2.80. The van der Waals surface area contributed by atoms with Gasteiger partial charge in [0, 0.05) is 24.7 Å². The van der Waals surface area contributed by atoms with E-state index in [1.807, 2.05) is 0 Å². The van der Waals surface area contributed by atoms with Crippen molar-refractivity contribution >= 4 is 0 Å². The molecule has 2 rings (SSSR count). The first kappa shape index (κ1) is 11.4. The summed E-state index contributed by atoms with van der Waals surface area (Å²) in [5.74, 6) is 0. The quantitative estimate of drug-likeness (QED) is 0.762. The molecule has 0 saturated carbocycles. The normalized spacial score (nSPS) is 38.4. The van der Waals surface area contributed by atoms with Gasteiger partial charge in [0.1, 0.15) is 0 Å². The van der Waals surface area contributed by atoms with Crippen LogP contribution in [0.4, 0.5) is 0 Å². The van der Waals surface area contributed by atoms with E-state index in [9.17, 15) is 0 Å². The summed E-state index contributed by atoms with van der Waals surface area (Å²) in [4.78, 5) is 2.59. The lowest BCUT2D eigenvalue weighted by molar-refractivity contribution is -0.0123. The van der Waals surface area contributed by atoms with Crippen LogP contribution in [-0.2, 0) is 4.74 Å². The van der Waals surface area contributed by atoms with Gasteiger partial charge in [0.2, 0.25) is 0 Å². The summed E-state index contributed by atoms with van der Waals surface area (Å²) in [7, 11) is 0. The molecule has 2 aliphatic rings. The van der Waals surface area contributed by atoms with Gasteiger partial charge in [-0.05, 0) is 32.7 Å². The third kappa shape index (κ3) is 2.52. The van der Waals surface area contributed by atoms with Gasteiger partial charge in [0.15, 0.2) is 0 Å². The van der Waals surface area contributed by atoms with Crippen LogP contribution in [0.25, 0.3) is 0 Å². The first-order valence-electron chi connectivity index (χ1n) is 6.32. The average molecular weight is 212 g/mol. The highest BCUT2D eigenvalue weighted by molar-refractivity contribution is 4.95. The molecule has 0 aliphatic carbocycles. The standard InChI is InChI=1S/C12H24N2O/c1-3-12(5-4-6-13-12)10-14-7-8-15-9-11(14)2/h11,13H,3-10H2,1-2H3. The van der Waals surface area contributed by atoms with Crippen molar-refractivity contribution in [2.45, 2.75) is 44.7 Å². The third-order valence-electron chi connectivity index (χ3n) is 4.02. The molecule has 0 aromatic rings. The Morgan fingerprint density at radius 1 is 1.53 bits per heavy atom. The van der Waals surface area contributed by atoms with E-state index in [0.717, 1.165) is 19.8 Å². The molecule has 2 aliphatic heterocycles. The molecule has 2 atom stereocenters. The summed E-state index contributed by atoms with van der Waals surface area (Å²) in [6.45, 7) is 9.90. The highest BCUT2D eigenvalue weighted by Crippen LogP contribution is 2.25. The maximum Gasteiger partial charge on any atom is 0.0619 e. The van der Waals surface area contributed by atoms with Gasteiger partial charge in [-0.2, -0.15) is 0 Å². The van der Waals surface area contributed by atoms with Crippen molar-refractivity contribution in [2.24, 2.45) is 0 Å². The molecule has 0 aromatic heterocycles. The largest absolute Gasteiger partial charge is 0.379 e. The fraction of sp³-hybridized carbons (Fsp3) is 1.00. The minimum Gasteiger partial charge on any atom is -0.379 e. The van der Waals surface area contributed by atoms with E-state index >= 15 is 0 Å². The summed E-state index contributed by atoms with van der Waals surface area (Å²) >= 11 is 0. The van der Waals surface area contributed by atoms with Crippen LogP contribution in [0.15, 0.2) is 0 Å². The number of morpholine rings is 1. The Hall–Kier alpha value is -0.120. The zero-order valence-corrected chi connectivity index (χ0v) is 10.1. The number of nitrogens with zero attached hydrogens (tertiary/aromatic N) is 1. The van der Waals surface area contributed by atoms with Crippen LogP contribution in [0.3, 0.4) is 0 Å². The summed E-state index contributed by atoms with van der Waals surface area (Å²) in [5, 5.41) is 3.71. The van der Waals surface area contributed by atoms with Gasteiger partial charge >= 0.3 is 0 Å². The van der Waals surface area contributed by atoms with Gasteiger partial charge in [0.25, 0.3) is 0 Å². The first-order chi connectivity index (χ1) is 7.26. The van der Waals surface area contributed by atoms with Gasteiger partial charge in [-0.1, -0.05) is 6.92 Å². The van der Waals surface area contributed by atoms with Crippen molar-refractivity contribution in [2.75, 3.05) is 32.8 Å². The van der Waals surface area contributed by atoms with Crippen molar-refractivity contribution in [1.82, 2.24) is 10.2 Å². The Labute approximate surface area is 93.2 Å². The minimum atomic E-state index is 0.394. The Morgan fingerprint density at radius 2 is 2.40 bits per heavy atom. The zero-order chi connectivity index (χ0) is 10.7. The number of rotatable bonds is 3. The maximum absolute atomic E-state index is 5.48. The van der Waals surface area contributed by atoms with E-state index in [0.29, 0.717) is 11.6 Å². The van der Waals surface area contributed by atoms with Crippen LogP contribution in [-0.4, -0.2) is 49.3 Å².